The molecule has 0 spiro atoms. The van der Waals surface area contributed by atoms with Crippen LogP contribution in [0.1, 0.15) is 29.8 Å². The number of halogens is 2. The van der Waals surface area contributed by atoms with E-state index in [1.807, 2.05) is 38.2 Å². The molecule has 2 heterocycles. The summed E-state index contributed by atoms with van der Waals surface area (Å²) in [4.78, 5) is 25.6. The van der Waals surface area contributed by atoms with Crippen LogP contribution in [0.3, 0.4) is 0 Å². The number of nitriles is 1. The van der Waals surface area contributed by atoms with Gasteiger partial charge in [-0.15, -0.1) is 0 Å². The number of imidazole rings is 1. The lowest BCUT2D eigenvalue weighted by molar-refractivity contribution is 0.699. The van der Waals surface area contributed by atoms with E-state index in [2.05, 4.69) is 21.4 Å². The molecule has 5 aromatic rings. The Bertz CT molecular complexity index is 1680. The average molecular weight is 503 g/mol. The molecule has 0 saturated heterocycles. The standard InChI is InChI=1S/C26H20Cl2N6O/c1-14(11-15-5-3-6-16(12-15)13-29)24-30-19-9-10-20-23(21(19)25(35)33-24)34(2)26(31-20)32-22-17(27)7-4-8-18(22)28/h3-10,12,14H,11H2,1-2H3,(H,31,32)(H,30,33,35). The number of rotatable bonds is 5. The molecule has 1 unspecified atom stereocenters. The molecule has 0 aliphatic rings. The first-order valence-electron chi connectivity index (χ1n) is 10.9. The first-order valence-corrected chi connectivity index (χ1v) is 11.7. The smallest absolute Gasteiger partial charge is 0.260 e. The molecule has 0 radical (unpaired) electrons. The van der Waals surface area contributed by atoms with Gasteiger partial charge in [0.05, 0.1) is 49.3 Å². The SMILES string of the molecule is CC(Cc1cccc(C#N)c1)c1nc2ccc3nc(Nc4c(Cl)cccc4Cl)n(C)c3c2c(=O)[nH]1. The van der Waals surface area contributed by atoms with Gasteiger partial charge >= 0.3 is 0 Å². The highest BCUT2D eigenvalue weighted by Crippen LogP contribution is 2.34. The number of anilines is 2. The largest absolute Gasteiger partial charge is 0.323 e. The van der Waals surface area contributed by atoms with Gasteiger partial charge in [-0.2, -0.15) is 5.26 Å². The molecule has 9 heteroatoms. The number of nitrogens with one attached hydrogen (secondary N) is 2. The summed E-state index contributed by atoms with van der Waals surface area (Å²) in [6.07, 6.45) is 0.643. The highest BCUT2D eigenvalue weighted by Gasteiger charge is 2.18. The molecular formula is C26H20Cl2N6O. The van der Waals surface area contributed by atoms with Gasteiger partial charge in [0.15, 0.2) is 0 Å². The fourth-order valence-corrected chi connectivity index (χ4v) is 4.73. The number of benzene rings is 3. The maximum atomic E-state index is 13.3. The molecule has 5 rings (SSSR count). The molecule has 0 fully saturated rings. The Morgan fingerprint density at radius 1 is 1.09 bits per heavy atom. The molecule has 0 aliphatic carbocycles. The first-order chi connectivity index (χ1) is 16.9. The van der Waals surface area contributed by atoms with Crippen LogP contribution >= 0.6 is 23.2 Å². The van der Waals surface area contributed by atoms with E-state index in [4.69, 9.17) is 33.4 Å². The third-order valence-corrected chi connectivity index (χ3v) is 6.62. The normalized spacial score (nSPS) is 12.1. The molecule has 0 aliphatic heterocycles. The van der Waals surface area contributed by atoms with Gasteiger partial charge in [-0.1, -0.05) is 48.3 Å². The maximum Gasteiger partial charge on any atom is 0.260 e. The number of aryl methyl sites for hydroxylation is 1. The summed E-state index contributed by atoms with van der Waals surface area (Å²) in [5, 5.41) is 13.7. The van der Waals surface area contributed by atoms with E-state index in [1.165, 1.54) is 0 Å². The topological polar surface area (TPSA) is 99.4 Å². The second kappa shape index (κ2) is 9.06. The minimum absolute atomic E-state index is 0.0529. The second-order valence-electron chi connectivity index (χ2n) is 8.41. The van der Waals surface area contributed by atoms with E-state index in [0.717, 1.165) is 5.56 Å². The van der Waals surface area contributed by atoms with Crippen molar-refractivity contribution >= 4 is 56.8 Å². The summed E-state index contributed by atoms with van der Waals surface area (Å²) in [5.41, 5.74) is 3.81. The average Bonchev–Trinajstić information content (AvgIpc) is 3.16. The van der Waals surface area contributed by atoms with E-state index >= 15 is 0 Å². The number of nitrogens with zero attached hydrogens (tertiary/aromatic N) is 4. The van der Waals surface area contributed by atoms with Crippen LogP contribution in [0.4, 0.5) is 11.6 Å². The lowest BCUT2D eigenvalue weighted by Crippen LogP contribution is -2.16. The molecule has 0 bridgehead atoms. The van der Waals surface area contributed by atoms with Gasteiger partial charge in [-0.25, -0.2) is 9.97 Å². The van der Waals surface area contributed by atoms with Crippen LogP contribution < -0.4 is 10.9 Å². The van der Waals surface area contributed by atoms with Crippen molar-refractivity contribution in [2.24, 2.45) is 7.05 Å². The minimum Gasteiger partial charge on any atom is -0.323 e. The number of aromatic amines is 1. The highest BCUT2D eigenvalue weighted by atomic mass is 35.5. The number of fused-ring (bicyclic) bond motifs is 3. The summed E-state index contributed by atoms with van der Waals surface area (Å²) in [5.74, 6) is 1.03. The van der Waals surface area contributed by atoms with Gasteiger partial charge in [-0.3, -0.25) is 4.79 Å². The zero-order valence-electron chi connectivity index (χ0n) is 18.9. The number of H-pyrrole nitrogens is 1. The minimum atomic E-state index is -0.237. The molecule has 3 aromatic carbocycles. The molecule has 2 N–H and O–H groups in total. The molecular weight excluding hydrogens is 483 g/mol. The molecule has 7 nitrogen and oxygen atoms in total. The Morgan fingerprint density at radius 3 is 2.54 bits per heavy atom. The van der Waals surface area contributed by atoms with E-state index in [1.54, 1.807) is 34.9 Å². The molecule has 0 amide bonds. The van der Waals surface area contributed by atoms with Gasteiger partial charge in [0.1, 0.15) is 5.82 Å². The first kappa shape index (κ1) is 22.9. The van der Waals surface area contributed by atoms with Crippen molar-refractivity contribution < 1.29 is 0 Å². The van der Waals surface area contributed by atoms with Crippen LogP contribution in [-0.4, -0.2) is 19.5 Å². The quantitative estimate of drug-likeness (QED) is 0.303. The zero-order valence-corrected chi connectivity index (χ0v) is 20.4. The van der Waals surface area contributed by atoms with E-state index in [-0.39, 0.29) is 11.5 Å². The van der Waals surface area contributed by atoms with Crippen molar-refractivity contribution in [3.05, 3.63) is 91.9 Å². The third-order valence-electron chi connectivity index (χ3n) is 5.99. The molecule has 2 aromatic heterocycles. The third kappa shape index (κ3) is 4.23. The van der Waals surface area contributed by atoms with Gasteiger partial charge in [-0.05, 0) is 48.4 Å². The Balaban J connectivity index is 1.55. The lowest BCUT2D eigenvalue weighted by Gasteiger charge is -2.12. The maximum absolute atomic E-state index is 13.3. The molecule has 174 valence electrons. The van der Waals surface area contributed by atoms with Gasteiger partial charge in [0.2, 0.25) is 5.95 Å². The number of para-hydroxylation sites is 1. The van der Waals surface area contributed by atoms with Crippen molar-refractivity contribution in [1.29, 1.82) is 5.26 Å². The summed E-state index contributed by atoms with van der Waals surface area (Å²) in [7, 11) is 1.82. The monoisotopic (exact) mass is 502 g/mol. The Labute approximate surface area is 211 Å². The highest BCUT2D eigenvalue weighted by molar-refractivity contribution is 6.39. The lowest BCUT2D eigenvalue weighted by atomic mass is 9.99. The van der Waals surface area contributed by atoms with Crippen molar-refractivity contribution in [2.75, 3.05) is 5.32 Å². The number of hydrogen-bond donors (Lipinski definition) is 2. The van der Waals surface area contributed by atoms with Gasteiger partial charge in [0, 0.05) is 13.0 Å². The predicted octanol–water partition coefficient (Wildman–Crippen LogP) is 6.08. The second-order valence-corrected chi connectivity index (χ2v) is 9.23. The van der Waals surface area contributed by atoms with Crippen LogP contribution in [0.5, 0.6) is 0 Å². The van der Waals surface area contributed by atoms with Crippen molar-refractivity contribution in [3.63, 3.8) is 0 Å². The van der Waals surface area contributed by atoms with Gasteiger partial charge in [0.25, 0.3) is 5.56 Å². The summed E-state index contributed by atoms with van der Waals surface area (Å²) in [6.45, 7) is 2.00. The number of hydrogen-bond acceptors (Lipinski definition) is 5. The predicted molar refractivity (Wildman–Crippen MR) is 140 cm³/mol. The summed E-state index contributed by atoms with van der Waals surface area (Å²) in [6, 6.07) is 18.5. The van der Waals surface area contributed by atoms with E-state index < -0.39 is 0 Å². The Hall–Kier alpha value is -3.86. The Kier molecular flexibility index (Phi) is 5.93. The van der Waals surface area contributed by atoms with Crippen LogP contribution in [0.2, 0.25) is 10.0 Å². The van der Waals surface area contributed by atoms with Crippen molar-refractivity contribution in [3.8, 4) is 6.07 Å². The Morgan fingerprint density at radius 2 is 1.80 bits per heavy atom. The number of aromatic nitrogens is 4. The van der Waals surface area contributed by atoms with Crippen LogP contribution in [-0.2, 0) is 13.5 Å². The van der Waals surface area contributed by atoms with Crippen molar-refractivity contribution in [2.45, 2.75) is 19.3 Å². The molecule has 1 atom stereocenters. The van der Waals surface area contributed by atoms with Gasteiger partial charge < -0.3 is 14.9 Å². The molecule has 0 saturated carbocycles. The fourth-order valence-electron chi connectivity index (χ4n) is 4.24. The van der Waals surface area contributed by atoms with Crippen LogP contribution in [0, 0.1) is 11.3 Å². The summed E-state index contributed by atoms with van der Waals surface area (Å²) < 4.78 is 1.80. The zero-order chi connectivity index (χ0) is 24.7. The fraction of sp³-hybridized carbons (Fsp3) is 0.154. The van der Waals surface area contributed by atoms with Crippen LogP contribution in [0.15, 0.2) is 59.4 Å². The van der Waals surface area contributed by atoms with E-state index in [0.29, 0.717) is 61.4 Å². The summed E-state index contributed by atoms with van der Waals surface area (Å²) >= 11 is 12.6. The molecule has 35 heavy (non-hydrogen) atoms. The van der Waals surface area contributed by atoms with E-state index in [9.17, 15) is 4.79 Å². The van der Waals surface area contributed by atoms with Crippen molar-refractivity contribution in [1.82, 2.24) is 19.5 Å². The van der Waals surface area contributed by atoms with Crippen LogP contribution in [0.25, 0.3) is 21.9 Å².